The Hall–Kier alpha value is -0.160. The first kappa shape index (κ1) is 14.3. The molecule has 2 heterocycles. The van der Waals surface area contributed by atoms with E-state index in [2.05, 4.69) is 16.7 Å². The van der Waals surface area contributed by atoms with Crippen LogP contribution in [0.2, 0.25) is 0 Å². The van der Waals surface area contributed by atoms with Gasteiger partial charge in [0.05, 0.1) is 12.7 Å². The Labute approximate surface area is 111 Å². The van der Waals surface area contributed by atoms with Crippen molar-refractivity contribution < 1.29 is 9.47 Å². The Balaban J connectivity index is 1.57. The van der Waals surface area contributed by atoms with Crippen molar-refractivity contribution in [1.82, 2.24) is 9.80 Å². The fraction of sp³-hybridized carbons (Fsp3) is 1.00. The number of hydrogen-bond donors (Lipinski definition) is 0. The van der Waals surface area contributed by atoms with Gasteiger partial charge in [0.25, 0.3) is 0 Å². The lowest BCUT2D eigenvalue weighted by molar-refractivity contribution is -0.0156. The fourth-order valence-corrected chi connectivity index (χ4v) is 2.77. The summed E-state index contributed by atoms with van der Waals surface area (Å²) < 4.78 is 11.2. The van der Waals surface area contributed by atoms with Gasteiger partial charge in [0.15, 0.2) is 0 Å². The molecule has 0 bridgehead atoms. The first-order valence-electron chi connectivity index (χ1n) is 7.52. The van der Waals surface area contributed by atoms with Crippen LogP contribution in [0.15, 0.2) is 0 Å². The Kier molecular flexibility index (Phi) is 6.41. The van der Waals surface area contributed by atoms with Crippen LogP contribution in [0.4, 0.5) is 0 Å². The highest BCUT2D eigenvalue weighted by molar-refractivity contribution is 4.75. The van der Waals surface area contributed by atoms with Crippen LogP contribution in [0.25, 0.3) is 0 Å². The van der Waals surface area contributed by atoms with Crippen LogP contribution in [0, 0.1) is 0 Å². The molecule has 0 aromatic carbocycles. The summed E-state index contributed by atoms with van der Waals surface area (Å²) in [5, 5.41) is 0. The molecule has 0 radical (unpaired) electrons. The standard InChI is InChI=1S/C14H28N2O2/c1-2-17-12-10-15-6-8-16(9-7-15)13-14-5-3-4-11-18-14/h14H,2-13H2,1H3. The highest BCUT2D eigenvalue weighted by atomic mass is 16.5. The Morgan fingerprint density at radius 3 is 2.56 bits per heavy atom. The summed E-state index contributed by atoms with van der Waals surface area (Å²) in [6.45, 7) is 11.7. The van der Waals surface area contributed by atoms with Gasteiger partial charge in [0.1, 0.15) is 0 Å². The molecule has 4 heteroatoms. The van der Waals surface area contributed by atoms with Crippen LogP contribution < -0.4 is 0 Å². The van der Waals surface area contributed by atoms with E-state index in [9.17, 15) is 0 Å². The summed E-state index contributed by atoms with van der Waals surface area (Å²) in [5.74, 6) is 0. The summed E-state index contributed by atoms with van der Waals surface area (Å²) in [6.07, 6.45) is 4.35. The summed E-state index contributed by atoms with van der Waals surface area (Å²) in [5.41, 5.74) is 0. The zero-order chi connectivity index (χ0) is 12.6. The SMILES string of the molecule is CCOCCN1CCN(CC2CCCCO2)CC1. The van der Waals surface area contributed by atoms with E-state index in [0.717, 1.165) is 32.9 Å². The molecule has 1 unspecified atom stereocenters. The fourth-order valence-electron chi connectivity index (χ4n) is 2.77. The summed E-state index contributed by atoms with van der Waals surface area (Å²) in [7, 11) is 0. The molecule has 2 rings (SSSR count). The molecule has 1 atom stereocenters. The van der Waals surface area contributed by atoms with Crippen LogP contribution in [0.1, 0.15) is 26.2 Å². The van der Waals surface area contributed by atoms with Crippen LogP contribution in [0.3, 0.4) is 0 Å². The van der Waals surface area contributed by atoms with E-state index in [0.29, 0.717) is 6.10 Å². The minimum Gasteiger partial charge on any atom is -0.380 e. The number of rotatable bonds is 6. The molecule has 2 aliphatic rings. The van der Waals surface area contributed by atoms with E-state index in [4.69, 9.17) is 9.47 Å². The van der Waals surface area contributed by atoms with Gasteiger partial charge in [-0.15, -0.1) is 0 Å². The molecule has 0 amide bonds. The molecule has 0 saturated carbocycles. The highest BCUT2D eigenvalue weighted by Gasteiger charge is 2.21. The van der Waals surface area contributed by atoms with E-state index < -0.39 is 0 Å². The maximum atomic E-state index is 5.81. The second-order valence-electron chi connectivity index (χ2n) is 5.33. The van der Waals surface area contributed by atoms with Gasteiger partial charge in [0, 0.05) is 52.5 Å². The minimum absolute atomic E-state index is 0.494. The van der Waals surface area contributed by atoms with E-state index in [1.54, 1.807) is 0 Å². The molecule has 0 spiro atoms. The second-order valence-corrected chi connectivity index (χ2v) is 5.33. The molecule has 0 N–H and O–H groups in total. The third-order valence-corrected chi connectivity index (χ3v) is 3.96. The predicted molar refractivity (Wildman–Crippen MR) is 73.0 cm³/mol. The lowest BCUT2D eigenvalue weighted by Gasteiger charge is -2.37. The molecule has 2 aliphatic heterocycles. The minimum atomic E-state index is 0.494. The van der Waals surface area contributed by atoms with Gasteiger partial charge < -0.3 is 9.47 Å². The van der Waals surface area contributed by atoms with Crippen molar-refractivity contribution in [3.05, 3.63) is 0 Å². The summed E-state index contributed by atoms with van der Waals surface area (Å²) in [6, 6.07) is 0. The summed E-state index contributed by atoms with van der Waals surface area (Å²) >= 11 is 0. The molecule has 0 aromatic heterocycles. The van der Waals surface area contributed by atoms with Gasteiger partial charge in [-0.2, -0.15) is 0 Å². The maximum absolute atomic E-state index is 5.81. The van der Waals surface area contributed by atoms with Gasteiger partial charge in [0.2, 0.25) is 0 Å². The van der Waals surface area contributed by atoms with Crippen LogP contribution in [-0.4, -0.2) is 75.0 Å². The van der Waals surface area contributed by atoms with Crippen molar-refractivity contribution in [2.24, 2.45) is 0 Å². The smallest absolute Gasteiger partial charge is 0.0702 e. The van der Waals surface area contributed by atoms with Gasteiger partial charge in [-0.3, -0.25) is 9.80 Å². The molecule has 0 aliphatic carbocycles. The largest absolute Gasteiger partial charge is 0.380 e. The van der Waals surface area contributed by atoms with Crippen molar-refractivity contribution >= 4 is 0 Å². The number of piperazine rings is 1. The van der Waals surface area contributed by atoms with Gasteiger partial charge >= 0.3 is 0 Å². The number of hydrogen-bond acceptors (Lipinski definition) is 4. The van der Waals surface area contributed by atoms with Crippen LogP contribution >= 0.6 is 0 Å². The van der Waals surface area contributed by atoms with Crippen LogP contribution in [-0.2, 0) is 9.47 Å². The first-order valence-corrected chi connectivity index (χ1v) is 7.52. The molecule has 2 fully saturated rings. The molecular formula is C14H28N2O2. The van der Waals surface area contributed by atoms with E-state index in [1.807, 2.05) is 0 Å². The van der Waals surface area contributed by atoms with E-state index >= 15 is 0 Å². The monoisotopic (exact) mass is 256 g/mol. The third-order valence-electron chi connectivity index (χ3n) is 3.96. The topological polar surface area (TPSA) is 24.9 Å². The Morgan fingerprint density at radius 2 is 1.89 bits per heavy atom. The second kappa shape index (κ2) is 8.10. The number of ether oxygens (including phenoxy) is 2. The van der Waals surface area contributed by atoms with E-state index in [1.165, 1.54) is 45.4 Å². The molecule has 18 heavy (non-hydrogen) atoms. The Morgan fingerprint density at radius 1 is 1.11 bits per heavy atom. The van der Waals surface area contributed by atoms with Crippen molar-refractivity contribution in [3.8, 4) is 0 Å². The zero-order valence-electron chi connectivity index (χ0n) is 11.8. The average molecular weight is 256 g/mol. The average Bonchev–Trinajstić information content (AvgIpc) is 2.42. The van der Waals surface area contributed by atoms with Crippen LogP contribution in [0.5, 0.6) is 0 Å². The van der Waals surface area contributed by atoms with Crippen molar-refractivity contribution in [2.45, 2.75) is 32.3 Å². The normalized spacial score (nSPS) is 27.5. The first-order chi connectivity index (χ1) is 8.88. The van der Waals surface area contributed by atoms with E-state index in [-0.39, 0.29) is 0 Å². The third kappa shape index (κ3) is 4.84. The molecular weight excluding hydrogens is 228 g/mol. The van der Waals surface area contributed by atoms with Crippen molar-refractivity contribution in [1.29, 1.82) is 0 Å². The Bertz CT molecular complexity index is 212. The van der Waals surface area contributed by atoms with Crippen molar-refractivity contribution in [2.75, 3.05) is 59.1 Å². The maximum Gasteiger partial charge on any atom is 0.0702 e. The zero-order valence-corrected chi connectivity index (χ0v) is 11.8. The molecule has 2 saturated heterocycles. The highest BCUT2D eigenvalue weighted by Crippen LogP contribution is 2.14. The summed E-state index contributed by atoms with van der Waals surface area (Å²) in [4.78, 5) is 5.07. The number of nitrogens with zero attached hydrogens (tertiary/aromatic N) is 2. The van der Waals surface area contributed by atoms with Gasteiger partial charge in [-0.05, 0) is 26.2 Å². The van der Waals surface area contributed by atoms with Gasteiger partial charge in [-0.25, -0.2) is 0 Å². The van der Waals surface area contributed by atoms with Crippen molar-refractivity contribution in [3.63, 3.8) is 0 Å². The predicted octanol–water partition coefficient (Wildman–Crippen LogP) is 1.21. The quantitative estimate of drug-likeness (QED) is 0.667. The lowest BCUT2D eigenvalue weighted by atomic mass is 10.1. The van der Waals surface area contributed by atoms with Gasteiger partial charge in [-0.1, -0.05) is 0 Å². The molecule has 0 aromatic rings. The molecule has 4 nitrogen and oxygen atoms in total. The lowest BCUT2D eigenvalue weighted by Crippen LogP contribution is -2.49. The molecule has 106 valence electrons.